The van der Waals surface area contributed by atoms with Crippen LogP contribution < -0.4 is 5.32 Å². The van der Waals surface area contributed by atoms with Crippen LogP contribution in [0.1, 0.15) is 57.2 Å². The number of ether oxygens (including phenoxy) is 1. The number of nitrogens with one attached hydrogen (secondary N) is 1. The van der Waals surface area contributed by atoms with Crippen molar-refractivity contribution in [1.82, 2.24) is 15.5 Å². The Morgan fingerprint density at radius 2 is 2.26 bits per heavy atom. The first-order valence-electron chi connectivity index (χ1n) is 7.33. The predicted molar refractivity (Wildman–Crippen MR) is 70.5 cm³/mol. The molecule has 1 N–H and O–H groups in total. The van der Waals surface area contributed by atoms with E-state index in [1.165, 1.54) is 25.7 Å². The molecule has 1 heterocycles. The van der Waals surface area contributed by atoms with Crippen molar-refractivity contribution in [2.24, 2.45) is 5.92 Å². The van der Waals surface area contributed by atoms with E-state index in [4.69, 9.17) is 9.26 Å². The third kappa shape index (κ3) is 2.82. The first kappa shape index (κ1) is 13.1. The second kappa shape index (κ2) is 5.21. The minimum atomic E-state index is -0.334. The lowest BCUT2D eigenvalue weighted by Crippen LogP contribution is -2.35. The Balaban J connectivity index is 1.71. The van der Waals surface area contributed by atoms with Gasteiger partial charge in [-0.3, -0.25) is 0 Å². The van der Waals surface area contributed by atoms with Crippen LogP contribution in [0.2, 0.25) is 0 Å². The van der Waals surface area contributed by atoms with E-state index >= 15 is 0 Å². The average molecular weight is 265 g/mol. The van der Waals surface area contributed by atoms with Crippen molar-refractivity contribution in [2.45, 2.75) is 63.6 Å². The Hall–Kier alpha value is -0.940. The minimum absolute atomic E-state index is 0.334. The van der Waals surface area contributed by atoms with Crippen molar-refractivity contribution in [1.29, 1.82) is 0 Å². The zero-order chi connectivity index (χ0) is 13.3. The Kier molecular flexibility index (Phi) is 3.58. The van der Waals surface area contributed by atoms with Crippen molar-refractivity contribution in [3.63, 3.8) is 0 Å². The largest absolute Gasteiger partial charge is 0.370 e. The molecule has 106 valence electrons. The van der Waals surface area contributed by atoms with Crippen molar-refractivity contribution in [3.05, 3.63) is 11.7 Å². The lowest BCUT2D eigenvalue weighted by Gasteiger charge is -2.36. The van der Waals surface area contributed by atoms with E-state index in [9.17, 15) is 0 Å². The highest BCUT2D eigenvalue weighted by Gasteiger charge is 2.40. The van der Waals surface area contributed by atoms with Crippen LogP contribution in [0.4, 0.5) is 0 Å². The molecule has 1 aromatic heterocycles. The van der Waals surface area contributed by atoms with Crippen LogP contribution in [0.5, 0.6) is 0 Å². The third-order valence-corrected chi connectivity index (χ3v) is 4.34. The molecule has 0 spiro atoms. The smallest absolute Gasteiger partial charge is 0.240 e. The van der Waals surface area contributed by atoms with Gasteiger partial charge in [0, 0.05) is 13.2 Å². The third-order valence-electron chi connectivity index (χ3n) is 4.34. The van der Waals surface area contributed by atoms with Gasteiger partial charge in [-0.05, 0) is 38.0 Å². The predicted octanol–water partition coefficient (Wildman–Crippen LogP) is 2.37. The van der Waals surface area contributed by atoms with Gasteiger partial charge >= 0.3 is 0 Å². The molecular weight excluding hydrogens is 242 g/mol. The first-order chi connectivity index (χ1) is 9.22. The summed E-state index contributed by atoms with van der Waals surface area (Å²) in [4.78, 5) is 4.55. The van der Waals surface area contributed by atoms with Crippen LogP contribution in [0, 0.1) is 5.92 Å². The van der Waals surface area contributed by atoms with E-state index in [1.807, 2.05) is 0 Å². The van der Waals surface area contributed by atoms with Gasteiger partial charge in [-0.2, -0.15) is 4.98 Å². The molecule has 2 aliphatic carbocycles. The SMILES string of the molecule is COC1(c2noc(CNC3CC3)n2)CCCC(C)C1. The normalized spacial score (nSPS) is 31.6. The molecule has 0 bridgehead atoms. The summed E-state index contributed by atoms with van der Waals surface area (Å²) in [6.45, 7) is 2.94. The van der Waals surface area contributed by atoms with Gasteiger partial charge in [0.05, 0.1) is 6.54 Å². The molecule has 0 saturated heterocycles. The van der Waals surface area contributed by atoms with E-state index < -0.39 is 0 Å². The molecule has 3 rings (SSSR count). The number of nitrogens with zero attached hydrogens (tertiary/aromatic N) is 2. The lowest BCUT2D eigenvalue weighted by atomic mass is 9.78. The highest BCUT2D eigenvalue weighted by Crippen LogP contribution is 2.41. The van der Waals surface area contributed by atoms with Crippen molar-refractivity contribution < 1.29 is 9.26 Å². The molecule has 2 atom stereocenters. The minimum Gasteiger partial charge on any atom is -0.370 e. The fraction of sp³-hybridized carbons (Fsp3) is 0.857. The van der Waals surface area contributed by atoms with Gasteiger partial charge in [0.1, 0.15) is 5.60 Å². The Labute approximate surface area is 114 Å². The van der Waals surface area contributed by atoms with E-state index in [0.717, 1.165) is 18.7 Å². The lowest BCUT2D eigenvalue weighted by molar-refractivity contribution is -0.0658. The zero-order valence-electron chi connectivity index (χ0n) is 11.8. The van der Waals surface area contributed by atoms with Crippen molar-refractivity contribution in [3.8, 4) is 0 Å². The van der Waals surface area contributed by atoms with Gasteiger partial charge in [0.2, 0.25) is 11.7 Å². The van der Waals surface area contributed by atoms with E-state index in [1.54, 1.807) is 7.11 Å². The van der Waals surface area contributed by atoms with Gasteiger partial charge in [-0.25, -0.2) is 0 Å². The van der Waals surface area contributed by atoms with Gasteiger partial charge in [-0.1, -0.05) is 18.5 Å². The summed E-state index contributed by atoms with van der Waals surface area (Å²) in [6.07, 6.45) is 6.93. The van der Waals surface area contributed by atoms with Gasteiger partial charge < -0.3 is 14.6 Å². The highest BCUT2D eigenvalue weighted by atomic mass is 16.5. The van der Waals surface area contributed by atoms with E-state index in [0.29, 0.717) is 24.4 Å². The van der Waals surface area contributed by atoms with Gasteiger partial charge in [-0.15, -0.1) is 0 Å². The molecule has 0 aliphatic heterocycles. The summed E-state index contributed by atoms with van der Waals surface area (Å²) in [5.74, 6) is 2.06. The van der Waals surface area contributed by atoms with Gasteiger partial charge in [0.15, 0.2) is 0 Å². The maximum absolute atomic E-state index is 5.78. The Morgan fingerprint density at radius 1 is 1.42 bits per heavy atom. The monoisotopic (exact) mass is 265 g/mol. The number of hydrogen-bond donors (Lipinski definition) is 1. The van der Waals surface area contributed by atoms with Crippen molar-refractivity contribution >= 4 is 0 Å². The summed E-state index contributed by atoms with van der Waals surface area (Å²) < 4.78 is 11.1. The van der Waals surface area contributed by atoms with Crippen LogP contribution in [0.25, 0.3) is 0 Å². The van der Waals surface area contributed by atoms with E-state index in [-0.39, 0.29) is 5.60 Å². The molecule has 0 amide bonds. The maximum Gasteiger partial charge on any atom is 0.240 e. The summed E-state index contributed by atoms with van der Waals surface area (Å²) in [6, 6.07) is 0.654. The molecule has 19 heavy (non-hydrogen) atoms. The molecular formula is C14H23N3O2. The number of hydrogen-bond acceptors (Lipinski definition) is 5. The topological polar surface area (TPSA) is 60.2 Å². The maximum atomic E-state index is 5.78. The fourth-order valence-corrected chi connectivity index (χ4v) is 3.01. The molecule has 2 unspecified atom stereocenters. The Morgan fingerprint density at radius 3 is 2.95 bits per heavy atom. The second-order valence-corrected chi connectivity index (χ2v) is 6.07. The second-order valence-electron chi connectivity index (χ2n) is 6.07. The molecule has 5 heteroatoms. The first-order valence-corrected chi connectivity index (χ1v) is 7.33. The summed E-state index contributed by atoms with van der Waals surface area (Å²) in [5, 5.41) is 7.56. The molecule has 2 saturated carbocycles. The molecule has 1 aromatic rings. The fourth-order valence-electron chi connectivity index (χ4n) is 3.01. The summed E-state index contributed by atoms with van der Waals surface area (Å²) in [5.41, 5.74) is -0.334. The summed E-state index contributed by atoms with van der Waals surface area (Å²) in [7, 11) is 1.76. The van der Waals surface area contributed by atoms with E-state index in [2.05, 4.69) is 22.4 Å². The molecule has 2 fully saturated rings. The number of methoxy groups -OCH3 is 1. The quantitative estimate of drug-likeness (QED) is 0.885. The van der Waals surface area contributed by atoms with Crippen LogP contribution >= 0.6 is 0 Å². The number of rotatable bonds is 5. The Bertz CT molecular complexity index is 430. The standard InChI is InChI=1S/C14H23N3O2/c1-10-4-3-7-14(8-10,18-2)13-16-12(19-17-13)9-15-11-5-6-11/h10-11,15H,3-9H2,1-2H3. The molecule has 0 aromatic carbocycles. The molecule has 0 radical (unpaired) electrons. The zero-order valence-corrected chi connectivity index (χ0v) is 11.8. The number of aromatic nitrogens is 2. The van der Waals surface area contributed by atoms with Gasteiger partial charge in [0.25, 0.3) is 0 Å². The highest BCUT2D eigenvalue weighted by molar-refractivity contribution is 5.04. The van der Waals surface area contributed by atoms with Crippen LogP contribution in [0.15, 0.2) is 4.52 Å². The van der Waals surface area contributed by atoms with Crippen LogP contribution in [0.3, 0.4) is 0 Å². The molecule has 2 aliphatic rings. The average Bonchev–Trinajstić information content (AvgIpc) is 3.13. The van der Waals surface area contributed by atoms with Crippen molar-refractivity contribution in [2.75, 3.05) is 7.11 Å². The summed E-state index contributed by atoms with van der Waals surface area (Å²) >= 11 is 0. The molecule has 5 nitrogen and oxygen atoms in total. The van der Waals surface area contributed by atoms with Crippen LogP contribution in [-0.4, -0.2) is 23.3 Å². The van der Waals surface area contributed by atoms with Crippen LogP contribution in [-0.2, 0) is 16.9 Å².